The fourth-order valence-electron chi connectivity index (χ4n) is 3.65. The highest BCUT2D eigenvalue weighted by molar-refractivity contribution is 7.98. The van der Waals surface area contributed by atoms with E-state index in [4.69, 9.17) is 4.99 Å². The molecule has 0 saturated carbocycles. The first-order chi connectivity index (χ1) is 10.2. The Hall–Kier alpha value is -0.420. The molecule has 2 rings (SSSR count). The molecule has 0 aromatic rings. The first kappa shape index (κ1) is 16.9. The van der Waals surface area contributed by atoms with Gasteiger partial charge in [-0.25, -0.2) is 0 Å². The van der Waals surface area contributed by atoms with Gasteiger partial charge in [-0.15, -0.1) is 0 Å². The molecule has 2 fully saturated rings. The van der Waals surface area contributed by atoms with Crippen molar-refractivity contribution in [1.29, 1.82) is 0 Å². The zero-order valence-corrected chi connectivity index (χ0v) is 14.7. The van der Waals surface area contributed by atoms with Crippen LogP contribution in [0.5, 0.6) is 0 Å². The van der Waals surface area contributed by atoms with Crippen molar-refractivity contribution < 1.29 is 0 Å². The maximum atomic E-state index is 4.73. The summed E-state index contributed by atoms with van der Waals surface area (Å²) in [5.41, 5.74) is 0. The van der Waals surface area contributed by atoms with Gasteiger partial charge in [0.2, 0.25) is 0 Å². The summed E-state index contributed by atoms with van der Waals surface area (Å²) in [4.78, 5) is 7.34. The summed E-state index contributed by atoms with van der Waals surface area (Å²) in [6.45, 7) is 4.01. The van der Waals surface area contributed by atoms with Crippen LogP contribution in [0.2, 0.25) is 0 Å². The van der Waals surface area contributed by atoms with Crippen LogP contribution in [0.15, 0.2) is 4.99 Å². The van der Waals surface area contributed by atoms with Gasteiger partial charge in [0, 0.05) is 31.2 Å². The van der Waals surface area contributed by atoms with Gasteiger partial charge in [0.15, 0.2) is 5.96 Å². The Bertz CT molecular complexity index is 320. The van der Waals surface area contributed by atoms with Gasteiger partial charge in [0.25, 0.3) is 0 Å². The topological polar surface area (TPSA) is 39.7 Å². The van der Waals surface area contributed by atoms with E-state index < -0.39 is 0 Å². The van der Waals surface area contributed by atoms with E-state index in [0.717, 1.165) is 37.6 Å². The molecule has 5 heteroatoms. The summed E-state index contributed by atoms with van der Waals surface area (Å²) in [5.74, 6) is 2.22. The summed E-state index contributed by atoms with van der Waals surface area (Å²) in [6, 6.07) is 2.14. The number of hydrogen-bond donors (Lipinski definition) is 2. The highest BCUT2D eigenvalue weighted by Crippen LogP contribution is 2.32. The van der Waals surface area contributed by atoms with Crippen LogP contribution < -0.4 is 10.6 Å². The lowest BCUT2D eigenvalue weighted by atomic mass is 9.82. The molecule has 0 aromatic heterocycles. The van der Waals surface area contributed by atoms with Crippen LogP contribution in [0.1, 0.15) is 45.4 Å². The van der Waals surface area contributed by atoms with E-state index >= 15 is 0 Å². The molecule has 2 atom stereocenters. The minimum Gasteiger partial charge on any atom is -0.357 e. The molecule has 2 aliphatic heterocycles. The number of piperidine rings is 2. The third-order valence-corrected chi connectivity index (χ3v) is 5.50. The summed E-state index contributed by atoms with van der Waals surface area (Å²) in [5, 5.41) is 7.09. The summed E-state index contributed by atoms with van der Waals surface area (Å²) >= 11 is 1.90. The highest BCUT2D eigenvalue weighted by Gasteiger charge is 2.36. The minimum atomic E-state index is 0.592. The van der Waals surface area contributed by atoms with Gasteiger partial charge < -0.3 is 15.5 Å². The van der Waals surface area contributed by atoms with E-state index in [2.05, 4.69) is 35.8 Å². The molecule has 21 heavy (non-hydrogen) atoms. The Morgan fingerprint density at radius 3 is 2.62 bits per heavy atom. The van der Waals surface area contributed by atoms with E-state index in [1.165, 1.54) is 37.9 Å². The fraction of sp³-hybridized carbons (Fsp3) is 0.938. The van der Waals surface area contributed by atoms with Crippen molar-refractivity contribution in [2.75, 3.05) is 32.1 Å². The van der Waals surface area contributed by atoms with Crippen LogP contribution >= 0.6 is 11.8 Å². The zero-order chi connectivity index (χ0) is 15.1. The van der Waals surface area contributed by atoms with E-state index in [0.29, 0.717) is 6.04 Å². The van der Waals surface area contributed by atoms with Crippen LogP contribution in [0.25, 0.3) is 0 Å². The Labute approximate surface area is 134 Å². The smallest absolute Gasteiger partial charge is 0.191 e. The lowest BCUT2D eigenvalue weighted by Gasteiger charge is -2.47. The number of thioether (sulfide) groups is 1. The van der Waals surface area contributed by atoms with Crippen LogP contribution in [0.4, 0.5) is 0 Å². The second-order valence-corrected chi connectivity index (χ2v) is 7.31. The number of hydrogen-bond acceptors (Lipinski definition) is 3. The second kappa shape index (κ2) is 8.89. The molecule has 2 heterocycles. The third kappa shape index (κ3) is 5.06. The number of rotatable bonds is 6. The Kier molecular flexibility index (Phi) is 7.17. The molecule has 4 nitrogen and oxygen atoms in total. The molecule has 122 valence electrons. The molecule has 0 spiro atoms. The van der Waals surface area contributed by atoms with Crippen molar-refractivity contribution in [1.82, 2.24) is 15.5 Å². The highest BCUT2D eigenvalue weighted by atomic mass is 32.2. The van der Waals surface area contributed by atoms with Crippen molar-refractivity contribution in [2.45, 2.75) is 63.6 Å². The Balaban J connectivity index is 1.85. The van der Waals surface area contributed by atoms with Gasteiger partial charge in [-0.1, -0.05) is 6.42 Å². The van der Waals surface area contributed by atoms with Crippen molar-refractivity contribution in [3.8, 4) is 0 Å². The van der Waals surface area contributed by atoms with Gasteiger partial charge in [-0.05, 0) is 58.1 Å². The molecule has 0 radical (unpaired) electrons. The number of nitrogens with zero attached hydrogens (tertiary/aromatic N) is 2. The third-order valence-electron chi connectivity index (χ3n) is 4.80. The van der Waals surface area contributed by atoms with Gasteiger partial charge >= 0.3 is 0 Å². The molecular weight excluding hydrogens is 280 g/mol. The second-order valence-electron chi connectivity index (χ2n) is 6.32. The van der Waals surface area contributed by atoms with E-state index in [1.54, 1.807) is 0 Å². The molecule has 0 amide bonds. The number of nitrogens with one attached hydrogen (secondary N) is 2. The number of aliphatic imine (C=N–C) groups is 1. The predicted molar refractivity (Wildman–Crippen MR) is 94.3 cm³/mol. The molecule has 2 unspecified atom stereocenters. The molecular formula is C16H32N4S. The first-order valence-electron chi connectivity index (χ1n) is 8.50. The quantitative estimate of drug-likeness (QED) is 0.448. The summed E-state index contributed by atoms with van der Waals surface area (Å²) in [6.07, 6.45) is 10.00. The van der Waals surface area contributed by atoms with Gasteiger partial charge in [-0.3, -0.25) is 4.99 Å². The van der Waals surface area contributed by atoms with E-state index in [1.807, 2.05) is 11.8 Å². The molecule has 2 saturated heterocycles. The lowest BCUT2D eigenvalue weighted by molar-refractivity contribution is 0.0526. The van der Waals surface area contributed by atoms with Crippen molar-refractivity contribution in [3.05, 3.63) is 0 Å². The lowest BCUT2D eigenvalue weighted by Crippen LogP contribution is -2.56. The fourth-order valence-corrected chi connectivity index (χ4v) is 4.06. The predicted octanol–water partition coefficient (Wildman–Crippen LogP) is 2.31. The SMILES string of the molecule is CCNC(=NCCCSC)NC1CC2CCCC(C1)N2C. The van der Waals surface area contributed by atoms with Gasteiger partial charge in [0.1, 0.15) is 0 Å². The first-order valence-corrected chi connectivity index (χ1v) is 9.89. The average Bonchev–Trinajstić information content (AvgIpc) is 2.45. The molecule has 0 aliphatic carbocycles. The Morgan fingerprint density at radius 1 is 1.29 bits per heavy atom. The summed E-state index contributed by atoms with van der Waals surface area (Å²) in [7, 11) is 2.31. The Morgan fingerprint density at radius 2 is 2.00 bits per heavy atom. The van der Waals surface area contributed by atoms with Crippen molar-refractivity contribution in [2.24, 2.45) is 4.99 Å². The van der Waals surface area contributed by atoms with Crippen LogP contribution in [0, 0.1) is 0 Å². The monoisotopic (exact) mass is 312 g/mol. The number of guanidine groups is 1. The summed E-state index contributed by atoms with van der Waals surface area (Å²) < 4.78 is 0. The molecule has 2 N–H and O–H groups in total. The van der Waals surface area contributed by atoms with Crippen LogP contribution in [-0.4, -0.2) is 61.1 Å². The molecule has 0 aromatic carbocycles. The number of fused-ring (bicyclic) bond motifs is 2. The van der Waals surface area contributed by atoms with E-state index in [-0.39, 0.29) is 0 Å². The van der Waals surface area contributed by atoms with Gasteiger partial charge in [-0.2, -0.15) is 11.8 Å². The minimum absolute atomic E-state index is 0.592. The largest absolute Gasteiger partial charge is 0.357 e. The van der Waals surface area contributed by atoms with Crippen molar-refractivity contribution >= 4 is 17.7 Å². The van der Waals surface area contributed by atoms with Crippen LogP contribution in [0.3, 0.4) is 0 Å². The van der Waals surface area contributed by atoms with Crippen molar-refractivity contribution in [3.63, 3.8) is 0 Å². The standard InChI is InChI=1S/C16H32N4S/c1-4-17-16(18-9-6-10-21-3)19-13-11-14-7-5-8-15(12-13)20(14)2/h13-15H,4-12H2,1-3H3,(H2,17,18,19). The normalized spacial score (nSPS) is 30.2. The van der Waals surface area contributed by atoms with E-state index in [9.17, 15) is 0 Å². The van der Waals surface area contributed by atoms with Crippen LogP contribution in [-0.2, 0) is 0 Å². The molecule has 2 aliphatic rings. The molecule has 2 bridgehead atoms. The van der Waals surface area contributed by atoms with Gasteiger partial charge in [0.05, 0.1) is 0 Å². The zero-order valence-electron chi connectivity index (χ0n) is 13.9. The maximum Gasteiger partial charge on any atom is 0.191 e. The average molecular weight is 313 g/mol. The maximum absolute atomic E-state index is 4.73.